The average Bonchev–Trinajstić information content (AvgIpc) is 3.11. The number of benzene rings is 2. The number of aromatic nitrogens is 2. The van der Waals surface area contributed by atoms with Gasteiger partial charge in [-0.1, -0.05) is 57.5 Å². The lowest BCUT2D eigenvalue weighted by Gasteiger charge is -2.14. The summed E-state index contributed by atoms with van der Waals surface area (Å²) in [5, 5.41) is 0.763. The summed E-state index contributed by atoms with van der Waals surface area (Å²) in [6.07, 6.45) is 0.870. The quantitative estimate of drug-likeness (QED) is 0.406. The van der Waals surface area contributed by atoms with Crippen molar-refractivity contribution in [1.82, 2.24) is 9.55 Å². The number of aryl methyl sites for hydroxylation is 2. The van der Waals surface area contributed by atoms with E-state index in [1.807, 2.05) is 24.3 Å². The molecule has 0 saturated carbocycles. The number of fused-ring (bicyclic) bond motifs is 1. The predicted octanol–water partition coefficient (Wildman–Crippen LogP) is 5.24. The van der Waals surface area contributed by atoms with Crippen LogP contribution in [0.1, 0.15) is 16.8 Å². The molecule has 0 spiro atoms. The maximum atomic E-state index is 13.1. The molecular weight excluding hydrogens is 428 g/mol. The van der Waals surface area contributed by atoms with Crippen LogP contribution in [0.5, 0.6) is 0 Å². The lowest BCUT2D eigenvalue weighted by Crippen LogP contribution is -2.23. The van der Waals surface area contributed by atoms with Crippen LogP contribution in [0.2, 0.25) is 0 Å². The van der Waals surface area contributed by atoms with Crippen molar-refractivity contribution < 1.29 is 0 Å². The highest BCUT2D eigenvalue weighted by molar-refractivity contribution is 9.10. The first-order valence-electron chi connectivity index (χ1n) is 8.35. The molecular formula is C20H17BrN2OS2. The summed E-state index contributed by atoms with van der Waals surface area (Å²) >= 11 is 6.69. The molecule has 3 aromatic rings. The normalized spacial score (nSPS) is 13.0. The van der Waals surface area contributed by atoms with Gasteiger partial charge in [-0.05, 0) is 36.8 Å². The van der Waals surface area contributed by atoms with Gasteiger partial charge in [0.15, 0.2) is 5.16 Å². The fourth-order valence-electron chi connectivity index (χ4n) is 2.84. The first-order chi connectivity index (χ1) is 12.6. The van der Waals surface area contributed by atoms with Crippen molar-refractivity contribution in [2.45, 2.75) is 29.1 Å². The first kappa shape index (κ1) is 17.9. The van der Waals surface area contributed by atoms with E-state index in [2.05, 4.69) is 47.1 Å². The van der Waals surface area contributed by atoms with Crippen LogP contribution in [0, 0.1) is 6.92 Å². The third-order valence-corrected chi connectivity index (χ3v) is 6.89. The van der Waals surface area contributed by atoms with Gasteiger partial charge in [-0.15, -0.1) is 11.8 Å². The third kappa shape index (κ3) is 3.63. The van der Waals surface area contributed by atoms with E-state index in [-0.39, 0.29) is 5.56 Å². The molecule has 3 nitrogen and oxygen atoms in total. The van der Waals surface area contributed by atoms with Gasteiger partial charge in [-0.2, -0.15) is 0 Å². The molecule has 0 bridgehead atoms. The molecule has 6 heteroatoms. The Hall–Kier alpha value is -1.50. The Morgan fingerprint density at radius 3 is 2.62 bits per heavy atom. The highest BCUT2D eigenvalue weighted by Gasteiger charge is 2.22. The van der Waals surface area contributed by atoms with Gasteiger partial charge >= 0.3 is 0 Å². The lowest BCUT2D eigenvalue weighted by atomic mass is 10.2. The van der Waals surface area contributed by atoms with E-state index in [0.29, 0.717) is 0 Å². The van der Waals surface area contributed by atoms with E-state index in [0.717, 1.165) is 43.8 Å². The minimum Gasteiger partial charge on any atom is -0.268 e. The molecule has 4 rings (SSSR count). The summed E-state index contributed by atoms with van der Waals surface area (Å²) in [6.45, 7) is 2.09. The first-order valence-corrected chi connectivity index (χ1v) is 11.1. The van der Waals surface area contributed by atoms with Crippen LogP contribution < -0.4 is 5.56 Å². The Labute approximate surface area is 169 Å². The zero-order valence-corrected chi connectivity index (χ0v) is 17.5. The second-order valence-corrected chi connectivity index (χ2v) is 9.12. The van der Waals surface area contributed by atoms with Gasteiger partial charge in [0.05, 0.1) is 16.3 Å². The third-order valence-electron chi connectivity index (χ3n) is 4.24. The largest absolute Gasteiger partial charge is 0.272 e. The predicted molar refractivity (Wildman–Crippen MR) is 113 cm³/mol. The Kier molecular flexibility index (Phi) is 5.25. The summed E-state index contributed by atoms with van der Waals surface area (Å²) < 4.78 is 2.74. The summed E-state index contributed by atoms with van der Waals surface area (Å²) in [5.41, 5.74) is 4.32. The van der Waals surface area contributed by atoms with E-state index < -0.39 is 0 Å². The molecule has 0 radical (unpaired) electrons. The topological polar surface area (TPSA) is 34.9 Å². The highest BCUT2D eigenvalue weighted by Crippen LogP contribution is 2.31. The zero-order valence-electron chi connectivity index (χ0n) is 14.2. The van der Waals surface area contributed by atoms with Crippen molar-refractivity contribution in [3.8, 4) is 5.69 Å². The zero-order chi connectivity index (χ0) is 18.1. The van der Waals surface area contributed by atoms with Crippen LogP contribution >= 0.6 is 39.5 Å². The van der Waals surface area contributed by atoms with Gasteiger partial charge in [0.25, 0.3) is 5.56 Å². The van der Waals surface area contributed by atoms with Crippen LogP contribution in [0.3, 0.4) is 0 Å². The molecule has 1 aliphatic rings. The number of nitrogens with zero attached hydrogens (tertiary/aromatic N) is 2. The van der Waals surface area contributed by atoms with Crippen LogP contribution in [-0.2, 0) is 12.2 Å². The van der Waals surface area contributed by atoms with Crippen LogP contribution in [-0.4, -0.2) is 15.3 Å². The maximum Gasteiger partial charge on any atom is 0.272 e. The number of halogens is 1. The van der Waals surface area contributed by atoms with Crippen molar-refractivity contribution in [1.29, 1.82) is 0 Å². The molecule has 1 aromatic heterocycles. The van der Waals surface area contributed by atoms with Crippen molar-refractivity contribution >= 4 is 39.5 Å². The van der Waals surface area contributed by atoms with Crippen LogP contribution in [0.15, 0.2) is 67.9 Å². The maximum absolute atomic E-state index is 13.1. The number of hydrogen-bond donors (Lipinski definition) is 0. The van der Waals surface area contributed by atoms with Crippen molar-refractivity contribution in [2.75, 3.05) is 5.75 Å². The minimum absolute atomic E-state index is 0.0474. The van der Waals surface area contributed by atoms with Gasteiger partial charge in [0, 0.05) is 22.4 Å². The molecule has 132 valence electrons. The van der Waals surface area contributed by atoms with Crippen molar-refractivity contribution in [3.63, 3.8) is 0 Å². The van der Waals surface area contributed by atoms with Gasteiger partial charge in [-0.3, -0.25) is 9.36 Å². The van der Waals surface area contributed by atoms with Gasteiger partial charge < -0.3 is 0 Å². The monoisotopic (exact) mass is 444 g/mol. The average molecular weight is 445 g/mol. The Morgan fingerprint density at radius 1 is 1.15 bits per heavy atom. The second kappa shape index (κ2) is 7.62. The number of rotatable bonds is 4. The summed E-state index contributed by atoms with van der Waals surface area (Å²) in [6, 6.07) is 16.3. The van der Waals surface area contributed by atoms with Gasteiger partial charge in [0.1, 0.15) is 0 Å². The molecule has 0 unspecified atom stereocenters. The van der Waals surface area contributed by atoms with Crippen LogP contribution in [0.25, 0.3) is 5.69 Å². The fourth-order valence-corrected chi connectivity index (χ4v) is 5.11. The Morgan fingerprint density at radius 2 is 1.88 bits per heavy atom. The van der Waals surface area contributed by atoms with E-state index in [9.17, 15) is 4.79 Å². The molecule has 0 fully saturated rings. The van der Waals surface area contributed by atoms with E-state index in [1.165, 1.54) is 11.1 Å². The molecule has 0 saturated heterocycles. The highest BCUT2D eigenvalue weighted by atomic mass is 79.9. The Balaban J connectivity index is 1.75. The minimum atomic E-state index is 0.0474. The van der Waals surface area contributed by atoms with Gasteiger partial charge in [0.2, 0.25) is 0 Å². The molecule has 2 heterocycles. The number of hydrogen-bond acceptors (Lipinski definition) is 4. The molecule has 1 aliphatic heterocycles. The fraction of sp³-hybridized carbons (Fsp3) is 0.200. The molecule has 0 aliphatic carbocycles. The summed E-state index contributed by atoms with van der Waals surface area (Å²) in [4.78, 5) is 18.7. The smallest absolute Gasteiger partial charge is 0.268 e. The van der Waals surface area contributed by atoms with E-state index in [4.69, 9.17) is 4.98 Å². The van der Waals surface area contributed by atoms with Crippen molar-refractivity contribution in [3.05, 3.63) is 80.2 Å². The lowest BCUT2D eigenvalue weighted by molar-refractivity contribution is 0.739. The molecule has 2 aromatic carbocycles. The van der Waals surface area contributed by atoms with Crippen molar-refractivity contribution in [2.24, 2.45) is 0 Å². The Bertz CT molecular complexity index is 998. The standard InChI is InChI=1S/C20H17BrN2OS2/c1-13-2-4-14(5-3-13)12-26-20-22-17-10-11-25-18(17)19(24)23(20)16-8-6-15(21)7-9-16/h2-9H,10-12H2,1H3. The van der Waals surface area contributed by atoms with Crippen LogP contribution in [0.4, 0.5) is 0 Å². The summed E-state index contributed by atoms with van der Waals surface area (Å²) in [7, 11) is 0. The number of thioether (sulfide) groups is 2. The molecule has 0 N–H and O–H groups in total. The van der Waals surface area contributed by atoms with Gasteiger partial charge in [-0.25, -0.2) is 4.98 Å². The molecule has 0 amide bonds. The van der Waals surface area contributed by atoms with E-state index in [1.54, 1.807) is 28.1 Å². The summed E-state index contributed by atoms with van der Waals surface area (Å²) in [5.74, 6) is 1.72. The molecule has 26 heavy (non-hydrogen) atoms. The SMILES string of the molecule is Cc1ccc(CSc2nc3c(c(=O)n2-c2ccc(Br)cc2)SCC3)cc1. The second-order valence-electron chi connectivity index (χ2n) is 6.16. The van der Waals surface area contributed by atoms with E-state index >= 15 is 0 Å². The molecule has 0 atom stereocenters.